The summed E-state index contributed by atoms with van der Waals surface area (Å²) >= 11 is 0. The van der Waals surface area contributed by atoms with Gasteiger partial charge in [0.15, 0.2) is 0 Å². The minimum Gasteiger partial charge on any atom is -0.401 e. The quantitative estimate of drug-likeness (QED) is 0.612. The molecule has 0 heterocycles. The highest BCUT2D eigenvalue weighted by molar-refractivity contribution is 4.89. The van der Waals surface area contributed by atoms with Crippen LogP contribution in [0, 0.1) is 5.41 Å². The second-order valence-corrected chi connectivity index (χ2v) is 3.83. The molecule has 0 amide bonds. The molecule has 0 aromatic carbocycles. The summed E-state index contributed by atoms with van der Waals surface area (Å²) < 4.78 is 0. The molecule has 0 rings (SSSR count). The summed E-state index contributed by atoms with van der Waals surface area (Å²) in [5.74, 6) is 0. The SMILES string of the molecule is C/C(N)=C/NCC(C)(C)C. The number of hydrogen-bond acceptors (Lipinski definition) is 2. The van der Waals surface area contributed by atoms with Crippen molar-refractivity contribution >= 4 is 0 Å². The van der Waals surface area contributed by atoms with E-state index in [2.05, 4.69) is 26.1 Å². The summed E-state index contributed by atoms with van der Waals surface area (Å²) in [4.78, 5) is 0. The van der Waals surface area contributed by atoms with Gasteiger partial charge in [-0.15, -0.1) is 0 Å². The van der Waals surface area contributed by atoms with Gasteiger partial charge in [-0.25, -0.2) is 0 Å². The molecular formula is C8H18N2. The molecule has 0 aliphatic heterocycles. The van der Waals surface area contributed by atoms with Crippen molar-refractivity contribution in [2.24, 2.45) is 11.1 Å². The van der Waals surface area contributed by atoms with Gasteiger partial charge in [-0.05, 0) is 12.3 Å². The summed E-state index contributed by atoms with van der Waals surface area (Å²) in [7, 11) is 0. The zero-order chi connectivity index (χ0) is 8.20. The molecule has 10 heavy (non-hydrogen) atoms. The van der Waals surface area contributed by atoms with Gasteiger partial charge >= 0.3 is 0 Å². The van der Waals surface area contributed by atoms with Gasteiger partial charge in [-0.2, -0.15) is 0 Å². The standard InChI is InChI=1S/C8H18N2/c1-7(9)5-10-6-8(2,3)4/h5,10H,6,9H2,1-4H3/b7-5-. The Bertz CT molecular complexity index is 116. The molecule has 0 aromatic heterocycles. The van der Waals surface area contributed by atoms with Gasteiger partial charge in [0.25, 0.3) is 0 Å². The predicted octanol–water partition coefficient (Wildman–Crippen LogP) is 1.44. The van der Waals surface area contributed by atoms with Crippen LogP contribution in [0.15, 0.2) is 11.9 Å². The Balaban J connectivity index is 3.47. The van der Waals surface area contributed by atoms with E-state index < -0.39 is 0 Å². The lowest BCUT2D eigenvalue weighted by molar-refractivity contribution is 0.402. The highest BCUT2D eigenvalue weighted by atomic mass is 14.9. The maximum atomic E-state index is 5.42. The lowest BCUT2D eigenvalue weighted by Crippen LogP contribution is -2.23. The Morgan fingerprint density at radius 1 is 1.50 bits per heavy atom. The van der Waals surface area contributed by atoms with Crippen LogP contribution in [0.4, 0.5) is 0 Å². The van der Waals surface area contributed by atoms with Gasteiger partial charge in [0.1, 0.15) is 0 Å². The molecular weight excluding hydrogens is 124 g/mol. The highest BCUT2D eigenvalue weighted by Crippen LogP contribution is 2.09. The third kappa shape index (κ3) is 7.34. The molecule has 2 nitrogen and oxygen atoms in total. The van der Waals surface area contributed by atoms with Crippen molar-refractivity contribution in [1.82, 2.24) is 5.32 Å². The average molecular weight is 142 g/mol. The Morgan fingerprint density at radius 3 is 2.30 bits per heavy atom. The summed E-state index contributed by atoms with van der Waals surface area (Å²) in [5, 5.41) is 3.14. The van der Waals surface area contributed by atoms with Crippen LogP contribution in [0.5, 0.6) is 0 Å². The van der Waals surface area contributed by atoms with Crippen molar-refractivity contribution in [2.75, 3.05) is 6.54 Å². The van der Waals surface area contributed by atoms with Crippen LogP contribution in [-0.2, 0) is 0 Å². The third-order valence-corrected chi connectivity index (χ3v) is 0.962. The van der Waals surface area contributed by atoms with Crippen molar-refractivity contribution in [1.29, 1.82) is 0 Å². The Morgan fingerprint density at radius 2 is 2.00 bits per heavy atom. The molecule has 2 heteroatoms. The summed E-state index contributed by atoms with van der Waals surface area (Å²) in [5.41, 5.74) is 6.57. The van der Waals surface area contributed by atoms with Crippen molar-refractivity contribution in [3.63, 3.8) is 0 Å². The largest absolute Gasteiger partial charge is 0.401 e. The fourth-order valence-corrected chi connectivity index (χ4v) is 0.518. The maximum Gasteiger partial charge on any atom is 0.0208 e. The second kappa shape index (κ2) is 3.49. The summed E-state index contributed by atoms with van der Waals surface area (Å²) in [6.07, 6.45) is 1.84. The van der Waals surface area contributed by atoms with Gasteiger partial charge in [0, 0.05) is 18.4 Å². The Kier molecular flexibility index (Phi) is 3.26. The molecule has 0 aliphatic carbocycles. The van der Waals surface area contributed by atoms with Crippen LogP contribution >= 0.6 is 0 Å². The average Bonchev–Trinajstić information content (AvgIpc) is 1.59. The fourth-order valence-electron chi connectivity index (χ4n) is 0.518. The molecule has 0 unspecified atom stereocenters. The number of allylic oxidation sites excluding steroid dienone is 1. The van der Waals surface area contributed by atoms with Crippen molar-refractivity contribution < 1.29 is 0 Å². The van der Waals surface area contributed by atoms with E-state index in [9.17, 15) is 0 Å². The number of hydrogen-bond donors (Lipinski definition) is 2. The van der Waals surface area contributed by atoms with Crippen LogP contribution in [0.2, 0.25) is 0 Å². The number of nitrogens with one attached hydrogen (secondary N) is 1. The zero-order valence-electron chi connectivity index (χ0n) is 7.36. The first-order chi connectivity index (χ1) is 4.42. The summed E-state index contributed by atoms with van der Waals surface area (Å²) in [6.45, 7) is 9.37. The molecule has 0 atom stereocenters. The Hall–Kier alpha value is -0.660. The van der Waals surface area contributed by atoms with Gasteiger partial charge in [-0.3, -0.25) is 0 Å². The van der Waals surface area contributed by atoms with E-state index in [4.69, 9.17) is 5.73 Å². The van der Waals surface area contributed by atoms with E-state index in [0.29, 0.717) is 5.41 Å². The van der Waals surface area contributed by atoms with Crippen LogP contribution in [0.1, 0.15) is 27.7 Å². The minimum absolute atomic E-state index is 0.325. The van der Waals surface area contributed by atoms with Crippen molar-refractivity contribution in [2.45, 2.75) is 27.7 Å². The van der Waals surface area contributed by atoms with Crippen molar-refractivity contribution in [3.8, 4) is 0 Å². The first kappa shape index (κ1) is 9.34. The predicted molar refractivity (Wildman–Crippen MR) is 45.4 cm³/mol. The van der Waals surface area contributed by atoms with Crippen LogP contribution < -0.4 is 11.1 Å². The number of rotatable bonds is 2. The molecule has 0 aliphatic rings. The smallest absolute Gasteiger partial charge is 0.0208 e. The third-order valence-electron chi connectivity index (χ3n) is 0.962. The Labute approximate surface area is 63.5 Å². The highest BCUT2D eigenvalue weighted by Gasteiger charge is 2.07. The van der Waals surface area contributed by atoms with Crippen LogP contribution in [0.3, 0.4) is 0 Å². The monoisotopic (exact) mass is 142 g/mol. The van der Waals surface area contributed by atoms with Gasteiger partial charge in [-0.1, -0.05) is 20.8 Å². The van der Waals surface area contributed by atoms with Crippen molar-refractivity contribution in [3.05, 3.63) is 11.9 Å². The lowest BCUT2D eigenvalue weighted by Gasteiger charge is -2.17. The molecule has 0 bridgehead atoms. The molecule has 0 spiro atoms. The fraction of sp³-hybridized carbons (Fsp3) is 0.750. The van der Waals surface area contributed by atoms with E-state index in [1.165, 1.54) is 0 Å². The molecule has 0 saturated heterocycles. The van der Waals surface area contributed by atoms with E-state index in [0.717, 1.165) is 12.2 Å². The maximum absolute atomic E-state index is 5.42. The van der Waals surface area contributed by atoms with Gasteiger partial charge in [0.2, 0.25) is 0 Å². The van der Waals surface area contributed by atoms with Crippen LogP contribution in [0.25, 0.3) is 0 Å². The molecule has 0 aromatic rings. The zero-order valence-corrected chi connectivity index (χ0v) is 7.36. The number of nitrogens with two attached hydrogens (primary N) is 1. The summed E-state index contributed by atoms with van der Waals surface area (Å²) in [6, 6.07) is 0. The van der Waals surface area contributed by atoms with E-state index in [1.807, 2.05) is 13.1 Å². The minimum atomic E-state index is 0.325. The van der Waals surface area contributed by atoms with Gasteiger partial charge in [0.05, 0.1) is 0 Å². The molecule has 0 radical (unpaired) electrons. The van der Waals surface area contributed by atoms with E-state index >= 15 is 0 Å². The first-order valence-electron chi connectivity index (χ1n) is 3.57. The topological polar surface area (TPSA) is 38.0 Å². The molecule has 3 N–H and O–H groups in total. The van der Waals surface area contributed by atoms with E-state index in [-0.39, 0.29) is 0 Å². The molecule has 0 fully saturated rings. The lowest BCUT2D eigenvalue weighted by atomic mass is 9.97. The van der Waals surface area contributed by atoms with Gasteiger partial charge < -0.3 is 11.1 Å². The van der Waals surface area contributed by atoms with Crippen LogP contribution in [-0.4, -0.2) is 6.54 Å². The normalized spacial score (nSPS) is 13.4. The van der Waals surface area contributed by atoms with E-state index in [1.54, 1.807) is 0 Å². The molecule has 60 valence electrons. The second-order valence-electron chi connectivity index (χ2n) is 3.83. The molecule has 0 saturated carbocycles. The first-order valence-corrected chi connectivity index (χ1v) is 3.57.